The molecule has 8 heteroatoms. The summed E-state index contributed by atoms with van der Waals surface area (Å²) in [5.74, 6) is -0.359. The highest BCUT2D eigenvalue weighted by atomic mass is 16.2. The van der Waals surface area contributed by atoms with Crippen molar-refractivity contribution in [1.82, 2.24) is 14.8 Å². The van der Waals surface area contributed by atoms with Crippen molar-refractivity contribution in [3.8, 4) is 11.3 Å². The molecule has 1 aromatic carbocycles. The van der Waals surface area contributed by atoms with Crippen molar-refractivity contribution in [2.45, 2.75) is 39.6 Å². The molecule has 8 nitrogen and oxygen atoms in total. The van der Waals surface area contributed by atoms with Gasteiger partial charge in [0.25, 0.3) is 0 Å². The molecular formula is C25H28N6O2. The Bertz CT molecular complexity index is 1380. The molecule has 1 saturated carbocycles. The standard InChI is InChI=1S/C25H28N6O2/c1-5-21(32)17-12-26-22(28-25(33)15-9-10-15)11-20(17)27-19-8-6-7-16-23-18(13-30(3)24(16)19)14(2)31(4)29-23/h6-8,11-12,15H,5,9-10,13H2,1-4H3,(H2,26,27,28,33)/i1D3. The van der Waals surface area contributed by atoms with Crippen LogP contribution in [0, 0.1) is 12.8 Å². The summed E-state index contributed by atoms with van der Waals surface area (Å²) in [5.41, 5.74) is 6.32. The van der Waals surface area contributed by atoms with Crippen LogP contribution in [0.25, 0.3) is 11.3 Å². The molecule has 0 spiro atoms. The number of fused-ring (bicyclic) bond motifs is 3. The Morgan fingerprint density at radius 3 is 2.82 bits per heavy atom. The maximum Gasteiger partial charge on any atom is 0.228 e. The van der Waals surface area contributed by atoms with Crippen LogP contribution in [-0.4, -0.2) is 33.5 Å². The van der Waals surface area contributed by atoms with Crippen molar-refractivity contribution < 1.29 is 13.7 Å². The van der Waals surface area contributed by atoms with E-state index in [1.165, 1.54) is 6.20 Å². The van der Waals surface area contributed by atoms with Crippen LogP contribution in [-0.2, 0) is 18.4 Å². The van der Waals surface area contributed by atoms with E-state index in [4.69, 9.17) is 9.21 Å². The first-order chi connectivity index (χ1) is 17.0. The number of pyridine rings is 1. The van der Waals surface area contributed by atoms with Gasteiger partial charge in [0.15, 0.2) is 5.78 Å². The summed E-state index contributed by atoms with van der Waals surface area (Å²) in [5, 5.41) is 10.9. The number of aromatic nitrogens is 3. The molecule has 2 aromatic heterocycles. The van der Waals surface area contributed by atoms with Crippen LogP contribution < -0.4 is 15.5 Å². The van der Waals surface area contributed by atoms with Gasteiger partial charge >= 0.3 is 0 Å². The van der Waals surface area contributed by atoms with Crippen LogP contribution in [0.5, 0.6) is 0 Å². The molecule has 3 aromatic rings. The van der Waals surface area contributed by atoms with E-state index in [0.29, 0.717) is 18.1 Å². The molecule has 1 fully saturated rings. The SMILES string of the molecule is [2H]C([2H])([2H])CC(=O)c1cnc(NC(=O)C2CC2)cc1Nc1cccc2c1N(C)Cc1c-2nn(C)c1C. The van der Waals surface area contributed by atoms with Crippen molar-refractivity contribution in [1.29, 1.82) is 0 Å². The van der Waals surface area contributed by atoms with Crippen LogP contribution in [0.1, 0.15) is 51.8 Å². The Morgan fingerprint density at radius 1 is 1.24 bits per heavy atom. The largest absolute Gasteiger partial charge is 0.368 e. The molecule has 5 rings (SSSR count). The van der Waals surface area contributed by atoms with Crippen LogP contribution in [0.3, 0.4) is 0 Å². The van der Waals surface area contributed by atoms with E-state index in [1.807, 2.05) is 43.9 Å². The Labute approximate surface area is 197 Å². The maximum absolute atomic E-state index is 12.9. The molecule has 3 heterocycles. The molecule has 33 heavy (non-hydrogen) atoms. The number of hydrogen-bond donors (Lipinski definition) is 2. The number of para-hydroxylation sites is 1. The molecule has 0 radical (unpaired) electrons. The zero-order valence-electron chi connectivity index (χ0n) is 21.9. The number of nitrogens with one attached hydrogen (secondary N) is 2. The Kier molecular flexibility index (Phi) is 4.34. The second kappa shape index (κ2) is 8.03. The number of carbonyl (C=O) groups is 2. The molecule has 1 aliphatic heterocycles. The third kappa shape index (κ3) is 3.75. The molecular weight excluding hydrogens is 416 g/mol. The molecule has 170 valence electrons. The Hall–Kier alpha value is -3.68. The van der Waals surface area contributed by atoms with E-state index in [2.05, 4.69) is 20.5 Å². The van der Waals surface area contributed by atoms with Gasteiger partial charge in [-0.3, -0.25) is 14.3 Å². The van der Waals surface area contributed by atoms with Gasteiger partial charge in [-0.1, -0.05) is 19.0 Å². The lowest BCUT2D eigenvalue weighted by Crippen LogP contribution is -2.23. The summed E-state index contributed by atoms with van der Waals surface area (Å²) < 4.78 is 24.5. The lowest BCUT2D eigenvalue weighted by Gasteiger charge is -2.30. The monoisotopic (exact) mass is 447 g/mol. The highest BCUT2D eigenvalue weighted by Gasteiger charge is 2.30. The van der Waals surface area contributed by atoms with Crippen LogP contribution in [0.4, 0.5) is 22.9 Å². The number of ketones is 1. The van der Waals surface area contributed by atoms with E-state index >= 15 is 0 Å². The Morgan fingerprint density at radius 2 is 2.06 bits per heavy atom. The van der Waals surface area contributed by atoms with E-state index in [1.54, 1.807) is 6.07 Å². The first-order valence-electron chi connectivity index (χ1n) is 12.5. The number of aryl methyl sites for hydroxylation is 1. The molecule has 0 bridgehead atoms. The third-order valence-electron chi connectivity index (χ3n) is 6.36. The Balaban J connectivity index is 1.55. The fraction of sp³-hybridized carbons (Fsp3) is 0.360. The van der Waals surface area contributed by atoms with Crippen molar-refractivity contribution in [3.05, 3.63) is 47.3 Å². The predicted octanol–water partition coefficient (Wildman–Crippen LogP) is 4.43. The van der Waals surface area contributed by atoms with Crippen LogP contribution in [0.15, 0.2) is 30.5 Å². The van der Waals surface area contributed by atoms with Crippen molar-refractivity contribution in [2.24, 2.45) is 13.0 Å². The summed E-state index contributed by atoms with van der Waals surface area (Å²) in [4.78, 5) is 31.6. The van der Waals surface area contributed by atoms with Gasteiger partial charge in [0.1, 0.15) is 5.82 Å². The zero-order chi connectivity index (χ0) is 25.8. The highest BCUT2D eigenvalue weighted by molar-refractivity contribution is 6.03. The third-order valence-corrected chi connectivity index (χ3v) is 6.36. The number of benzene rings is 1. The molecule has 1 aliphatic carbocycles. The first kappa shape index (κ1) is 17.8. The fourth-order valence-electron chi connectivity index (χ4n) is 4.28. The number of anilines is 4. The minimum atomic E-state index is -2.41. The number of amides is 1. The number of carbonyl (C=O) groups excluding carboxylic acids is 2. The van der Waals surface area contributed by atoms with Gasteiger partial charge in [-0.15, -0.1) is 0 Å². The maximum atomic E-state index is 12.9. The summed E-state index contributed by atoms with van der Waals surface area (Å²) in [6.45, 7) is 0.307. The molecule has 0 saturated heterocycles. The molecule has 2 aliphatic rings. The number of nitrogens with zero attached hydrogens (tertiary/aromatic N) is 4. The summed E-state index contributed by atoms with van der Waals surface area (Å²) in [6, 6.07) is 7.41. The van der Waals surface area contributed by atoms with Crippen LogP contribution in [0.2, 0.25) is 0 Å². The second-order valence-corrected chi connectivity index (χ2v) is 8.70. The van der Waals surface area contributed by atoms with E-state index < -0.39 is 19.1 Å². The lowest BCUT2D eigenvalue weighted by molar-refractivity contribution is -0.117. The zero-order valence-corrected chi connectivity index (χ0v) is 18.9. The minimum absolute atomic E-state index is 0.00843. The average Bonchev–Trinajstić information content (AvgIpc) is 3.61. The van der Waals surface area contributed by atoms with E-state index in [-0.39, 0.29) is 17.4 Å². The average molecular weight is 448 g/mol. The topological polar surface area (TPSA) is 92.2 Å². The second-order valence-electron chi connectivity index (χ2n) is 8.70. The van der Waals surface area contributed by atoms with Gasteiger partial charge in [-0.05, 0) is 25.8 Å². The van der Waals surface area contributed by atoms with Gasteiger partial charge in [-0.25, -0.2) is 4.98 Å². The number of Topliss-reactive ketones (excluding diaryl/α,β-unsaturated/α-hetero) is 1. The first-order valence-corrected chi connectivity index (χ1v) is 11.0. The minimum Gasteiger partial charge on any atom is -0.368 e. The molecule has 0 atom stereocenters. The van der Waals surface area contributed by atoms with Gasteiger partial charge in [0, 0.05) is 66.2 Å². The van der Waals surface area contributed by atoms with Crippen molar-refractivity contribution in [3.63, 3.8) is 0 Å². The van der Waals surface area contributed by atoms with Gasteiger partial charge in [-0.2, -0.15) is 5.10 Å². The van der Waals surface area contributed by atoms with Crippen molar-refractivity contribution >= 4 is 34.6 Å². The summed E-state index contributed by atoms with van der Waals surface area (Å²) in [7, 11) is 3.92. The molecule has 0 unspecified atom stereocenters. The predicted molar refractivity (Wildman–Crippen MR) is 129 cm³/mol. The summed E-state index contributed by atoms with van der Waals surface area (Å²) >= 11 is 0. The summed E-state index contributed by atoms with van der Waals surface area (Å²) in [6.07, 6.45) is 2.42. The van der Waals surface area contributed by atoms with E-state index in [0.717, 1.165) is 46.7 Å². The molecule has 1 amide bonds. The van der Waals surface area contributed by atoms with Gasteiger partial charge in [0.05, 0.1) is 28.3 Å². The highest BCUT2D eigenvalue weighted by Crippen LogP contribution is 2.44. The van der Waals surface area contributed by atoms with Crippen molar-refractivity contribution in [2.75, 3.05) is 22.6 Å². The van der Waals surface area contributed by atoms with E-state index in [9.17, 15) is 9.59 Å². The van der Waals surface area contributed by atoms with Gasteiger partial charge < -0.3 is 15.5 Å². The normalized spacial score (nSPS) is 16.2. The molecule has 2 N–H and O–H groups in total. The quantitative estimate of drug-likeness (QED) is 0.543. The smallest absolute Gasteiger partial charge is 0.228 e. The number of hydrogen-bond acceptors (Lipinski definition) is 6. The number of rotatable bonds is 6. The lowest BCUT2D eigenvalue weighted by atomic mass is 9.97. The van der Waals surface area contributed by atoms with Gasteiger partial charge in [0.2, 0.25) is 5.91 Å². The fourth-order valence-corrected chi connectivity index (χ4v) is 4.28. The van der Waals surface area contributed by atoms with Crippen LogP contribution >= 0.6 is 0 Å².